The van der Waals surface area contributed by atoms with E-state index in [1.807, 2.05) is 13.2 Å². The van der Waals surface area contributed by atoms with Crippen molar-refractivity contribution in [1.82, 2.24) is 5.01 Å². The maximum atomic E-state index is 5.33. The van der Waals surface area contributed by atoms with Gasteiger partial charge < -0.3 is 5.01 Å². The SMILES string of the molecule is CN(N)/C=C1\C=CC1. The molecule has 8 heavy (non-hydrogen) atoms. The molecule has 0 aromatic rings. The second-order valence-electron chi connectivity index (χ2n) is 1.98. The second kappa shape index (κ2) is 2.01. The third-order valence-electron chi connectivity index (χ3n) is 1.05. The molecule has 0 unspecified atom stereocenters. The van der Waals surface area contributed by atoms with E-state index in [-0.39, 0.29) is 0 Å². The van der Waals surface area contributed by atoms with Crippen molar-refractivity contribution < 1.29 is 0 Å². The molecule has 0 atom stereocenters. The van der Waals surface area contributed by atoms with Crippen LogP contribution in [0.5, 0.6) is 0 Å². The van der Waals surface area contributed by atoms with Crippen LogP contribution in [0.25, 0.3) is 0 Å². The molecule has 0 aromatic carbocycles. The molecule has 0 aromatic heterocycles. The molecule has 0 fully saturated rings. The van der Waals surface area contributed by atoms with Gasteiger partial charge in [-0.25, -0.2) is 5.84 Å². The molecule has 0 saturated heterocycles. The minimum atomic E-state index is 1.07. The van der Waals surface area contributed by atoms with Crippen molar-refractivity contribution in [2.24, 2.45) is 5.84 Å². The number of hydrazine groups is 1. The predicted molar refractivity (Wildman–Crippen MR) is 33.8 cm³/mol. The van der Waals surface area contributed by atoms with E-state index in [1.165, 1.54) is 5.57 Å². The first-order chi connectivity index (χ1) is 3.79. The van der Waals surface area contributed by atoms with Crippen LogP contribution in [-0.2, 0) is 0 Å². The van der Waals surface area contributed by atoms with Gasteiger partial charge in [-0.15, -0.1) is 0 Å². The van der Waals surface area contributed by atoms with Crippen LogP contribution in [0.3, 0.4) is 0 Å². The highest BCUT2D eigenvalue weighted by Gasteiger charge is 1.97. The zero-order chi connectivity index (χ0) is 5.98. The van der Waals surface area contributed by atoms with Crippen molar-refractivity contribution in [3.63, 3.8) is 0 Å². The molecule has 2 heteroatoms. The summed E-state index contributed by atoms with van der Waals surface area (Å²) >= 11 is 0. The Bertz CT molecular complexity index is 133. The number of nitrogens with two attached hydrogens (primary N) is 1. The van der Waals surface area contributed by atoms with Crippen molar-refractivity contribution >= 4 is 0 Å². The standard InChI is InChI=1S/C6H10N2/c1-8(7)5-6-3-2-4-6/h2-3,5H,4,7H2,1H3/b6-5+. The van der Waals surface area contributed by atoms with Crippen molar-refractivity contribution in [2.75, 3.05) is 7.05 Å². The summed E-state index contributed by atoms with van der Waals surface area (Å²) in [7, 11) is 1.82. The van der Waals surface area contributed by atoms with E-state index < -0.39 is 0 Å². The molecule has 0 spiro atoms. The molecule has 0 heterocycles. The fraction of sp³-hybridized carbons (Fsp3) is 0.333. The Hall–Kier alpha value is -0.760. The van der Waals surface area contributed by atoms with E-state index in [1.54, 1.807) is 5.01 Å². The molecule has 0 amide bonds. The monoisotopic (exact) mass is 110 g/mol. The molecule has 0 bridgehead atoms. The van der Waals surface area contributed by atoms with Gasteiger partial charge in [0.25, 0.3) is 0 Å². The fourth-order valence-corrected chi connectivity index (χ4v) is 0.611. The summed E-state index contributed by atoms with van der Waals surface area (Å²) in [6, 6.07) is 0. The summed E-state index contributed by atoms with van der Waals surface area (Å²) in [5.74, 6) is 5.33. The van der Waals surface area contributed by atoms with Gasteiger partial charge in [0, 0.05) is 13.2 Å². The highest BCUT2D eigenvalue weighted by atomic mass is 15.4. The fourth-order valence-electron chi connectivity index (χ4n) is 0.611. The first-order valence-corrected chi connectivity index (χ1v) is 2.64. The molecule has 2 nitrogen and oxygen atoms in total. The Morgan fingerprint density at radius 1 is 1.88 bits per heavy atom. The average Bonchev–Trinajstić information content (AvgIpc) is 1.55. The van der Waals surface area contributed by atoms with Gasteiger partial charge >= 0.3 is 0 Å². The van der Waals surface area contributed by atoms with E-state index in [2.05, 4.69) is 12.2 Å². The zero-order valence-electron chi connectivity index (χ0n) is 4.96. The van der Waals surface area contributed by atoms with E-state index in [0.717, 1.165) is 6.42 Å². The van der Waals surface area contributed by atoms with Gasteiger partial charge in [0.1, 0.15) is 0 Å². The highest BCUT2D eigenvalue weighted by Crippen LogP contribution is 2.13. The van der Waals surface area contributed by atoms with Gasteiger partial charge in [-0.1, -0.05) is 12.2 Å². The summed E-state index contributed by atoms with van der Waals surface area (Å²) in [5, 5.41) is 1.57. The Kier molecular flexibility index (Phi) is 1.35. The molecule has 2 N–H and O–H groups in total. The lowest BCUT2D eigenvalue weighted by molar-refractivity contribution is 0.480. The minimum absolute atomic E-state index is 1.07. The van der Waals surface area contributed by atoms with Gasteiger partial charge in [-0.3, -0.25) is 0 Å². The number of allylic oxidation sites excluding steroid dienone is 3. The van der Waals surface area contributed by atoms with Crippen LogP contribution in [-0.4, -0.2) is 12.1 Å². The third-order valence-corrected chi connectivity index (χ3v) is 1.05. The minimum Gasteiger partial charge on any atom is -0.321 e. The first kappa shape index (κ1) is 5.38. The molecule has 0 saturated carbocycles. The Balaban J connectivity index is 2.44. The first-order valence-electron chi connectivity index (χ1n) is 2.64. The molecule has 44 valence electrons. The summed E-state index contributed by atoms with van der Waals surface area (Å²) in [5.41, 5.74) is 1.30. The number of hydrogen-bond donors (Lipinski definition) is 1. The predicted octanol–water partition coefficient (Wildman–Crippen LogP) is 0.636. The van der Waals surface area contributed by atoms with Crippen LogP contribution >= 0.6 is 0 Å². The lowest BCUT2D eigenvalue weighted by Crippen LogP contribution is -2.19. The Morgan fingerprint density at radius 3 is 2.62 bits per heavy atom. The van der Waals surface area contributed by atoms with Gasteiger partial charge in [0.2, 0.25) is 0 Å². The third kappa shape index (κ3) is 1.10. The number of hydrogen-bond acceptors (Lipinski definition) is 2. The lowest BCUT2D eigenvalue weighted by atomic mass is 10.1. The summed E-state index contributed by atoms with van der Waals surface area (Å²) in [6.07, 6.45) is 7.15. The normalized spacial score (nSPS) is 21.0. The van der Waals surface area contributed by atoms with Crippen LogP contribution in [0, 0.1) is 0 Å². The van der Waals surface area contributed by atoms with Crippen LogP contribution in [0.4, 0.5) is 0 Å². The lowest BCUT2D eigenvalue weighted by Gasteiger charge is -2.11. The highest BCUT2D eigenvalue weighted by molar-refractivity contribution is 5.29. The van der Waals surface area contributed by atoms with E-state index >= 15 is 0 Å². The van der Waals surface area contributed by atoms with Crippen LogP contribution in [0.15, 0.2) is 23.9 Å². The van der Waals surface area contributed by atoms with Crippen molar-refractivity contribution in [3.05, 3.63) is 23.9 Å². The Morgan fingerprint density at radius 2 is 2.50 bits per heavy atom. The largest absolute Gasteiger partial charge is 0.321 e. The average molecular weight is 110 g/mol. The van der Waals surface area contributed by atoms with Crippen LogP contribution in [0.1, 0.15) is 6.42 Å². The molecular formula is C6H10N2. The molecular weight excluding hydrogens is 100 g/mol. The molecule has 1 rings (SSSR count). The smallest absolute Gasteiger partial charge is 0.0223 e. The van der Waals surface area contributed by atoms with E-state index in [4.69, 9.17) is 5.84 Å². The van der Waals surface area contributed by atoms with Crippen LogP contribution in [0.2, 0.25) is 0 Å². The second-order valence-corrected chi connectivity index (χ2v) is 1.98. The molecule has 0 radical (unpaired) electrons. The number of nitrogens with zero attached hydrogens (tertiary/aromatic N) is 1. The van der Waals surface area contributed by atoms with Crippen molar-refractivity contribution in [2.45, 2.75) is 6.42 Å². The van der Waals surface area contributed by atoms with Crippen molar-refractivity contribution in [1.29, 1.82) is 0 Å². The topological polar surface area (TPSA) is 29.3 Å². The van der Waals surface area contributed by atoms with Gasteiger partial charge in [0.15, 0.2) is 0 Å². The summed E-state index contributed by atoms with van der Waals surface area (Å²) < 4.78 is 0. The van der Waals surface area contributed by atoms with Gasteiger partial charge in [0.05, 0.1) is 0 Å². The maximum absolute atomic E-state index is 5.33. The van der Waals surface area contributed by atoms with E-state index in [0.29, 0.717) is 0 Å². The summed E-state index contributed by atoms with van der Waals surface area (Å²) in [6.45, 7) is 0. The quantitative estimate of drug-likeness (QED) is 0.396. The van der Waals surface area contributed by atoms with Crippen molar-refractivity contribution in [3.8, 4) is 0 Å². The zero-order valence-corrected chi connectivity index (χ0v) is 4.96. The molecule has 1 aliphatic rings. The van der Waals surface area contributed by atoms with Crippen LogP contribution < -0.4 is 5.84 Å². The van der Waals surface area contributed by atoms with Gasteiger partial charge in [-0.05, 0) is 12.0 Å². The molecule has 1 aliphatic carbocycles. The maximum Gasteiger partial charge on any atom is 0.0223 e. The number of rotatable bonds is 1. The Labute approximate surface area is 49.2 Å². The molecule has 0 aliphatic heterocycles. The van der Waals surface area contributed by atoms with E-state index in [9.17, 15) is 0 Å². The summed E-state index contributed by atoms with van der Waals surface area (Å²) in [4.78, 5) is 0. The van der Waals surface area contributed by atoms with Gasteiger partial charge in [-0.2, -0.15) is 0 Å².